The molecule has 7 heteroatoms. The van der Waals surface area contributed by atoms with Crippen molar-refractivity contribution in [3.63, 3.8) is 0 Å². The van der Waals surface area contributed by atoms with Crippen LogP contribution in [-0.2, 0) is 4.74 Å². The Kier molecular flexibility index (Phi) is 6.78. The molecule has 1 heterocycles. The van der Waals surface area contributed by atoms with E-state index in [0.29, 0.717) is 31.0 Å². The van der Waals surface area contributed by atoms with E-state index in [1.807, 2.05) is 19.0 Å². The fourth-order valence-corrected chi connectivity index (χ4v) is 2.72. The minimum Gasteiger partial charge on any atom is -0.478 e. The Morgan fingerprint density at radius 2 is 1.88 bits per heavy atom. The summed E-state index contributed by atoms with van der Waals surface area (Å²) in [7, 11) is 5.66. The molecule has 2 N–H and O–H groups in total. The molecule has 1 amide bonds. The first-order valence-electron chi connectivity index (χ1n) is 8.50. The van der Waals surface area contributed by atoms with Crippen LogP contribution < -0.4 is 5.32 Å². The van der Waals surface area contributed by atoms with E-state index < -0.39 is 5.97 Å². The van der Waals surface area contributed by atoms with Gasteiger partial charge in [0.15, 0.2) is 0 Å². The number of carboxylic acids is 1. The molecule has 1 fully saturated rings. The number of rotatable bonds is 7. The number of nitrogens with zero attached hydrogens (tertiary/aromatic N) is 2. The maximum atomic E-state index is 12.6. The van der Waals surface area contributed by atoms with E-state index in [2.05, 4.69) is 5.32 Å². The van der Waals surface area contributed by atoms with Crippen molar-refractivity contribution in [3.8, 4) is 0 Å². The van der Waals surface area contributed by atoms with Gasteiger partial charge in [-0.25, -0.2) is 4.79 Å². The highest BCUT2D eigenvalue weighted by Gasteiger charge is 2.20. The predicted octanol–water partition coefficient (Wildman–Crippen LogP) is 1.61. The van der Waals surface area contributed by atoms with Crippen molar-refractivity contribution in [2.45, 2.75) is 18.9 Å². The van der Waals surface area contributed by atoms with Crippen LogP contribution in [0.3, 0.4) is 0 Å². The monoisotopic (exact) mass is 349 g/mol. The average molecular weight is 349 g/mol. The van der Waals surface area contributed by atoms with Gasteiger partial charge in [-0.05, 0) is 45.1 Å². The number of nitrogens with one attached hydrogen (secondary N) is 1. The number of likely N-dealkylation sites (N-methyl/N-ethyl adjacent to an activating group) is 2. The van der Waals surface area contributed by atoms with Crippen LogP contribution in [0.15, 0.2) is 18.2 Å². The lowest BCUT2D eigenvalue weighted by molar-refractivity contribution is 0.0695. The number of carbonyl (C=O) groups excluding carboxylic acids is 1. The van der Waals surface area contributed by atoms with Crippen LogP contribution in [0, 0.1) is 0 Å². The SMILES string of the molecule is CN(C)CCN(C)C(=O)c1ccc(C(=O)O)c(NC2CCOCC2)c1. The van der Waals surface area contributed by atoms with Crippen molar-refractivity contribution in [1.29, 1.82) is 0 Å². The maximum Gasteiger partial charge on any atom is 0.337 e. The van der Waals surface area contributed by atoms with Crippen LogP contribution in [0.1, 0.15) is 33.6 Å². The van der Waals surface area contributed by atoms with Gasteiger partial charge in [0.25, 0.3) is 5.91 Å². The first kappa shape index (κ1) is 19.2. The summed E-state index contributed by atoms with van der Waals surface area (Å²) in [6.45, 7) is 2.69. The molecule has 0 saturated carbocycles. The Hall–Kier alpha value is -2.12. The third-order valence-electron chi connectivity index (χ3n) is 4.31. The van der Waals surface area contributed by atoms with E-state index in [-0.39, 0.29) is 17.5 Å². The van der Waals surface area contributed by atoms with Gasteiger partial charge in [0.1, 0.15) is 0 Å². The lowest BCUT2D eigenvalue weighted by atomic mass is 10.0. The lowest BCUT2D eigenvalue weighted by Crippen LogP contribution is -2.33. The smallest absolute Gasteiger partial charge is 0.337 e. The number of carboxylic acid groups (broad SMARTS) is 1. The zero-order valence-corrected chi connectivity index (χ0v) is 15.1. The number of ether oxygens (including phenoxy) is 1. The van der Waals surface area contributed by atoms with E-state index >= 15 is 0 Å². The van der Waals surface area contributed by atoms with Gasteiger partial charge < -0.3 is 25.0 Å². The average Bonchev–Trinajstić information content (AvgIpc) is 2.59. The van der Waals surface area contributed by atoms with Gasteiger partial charge in [-0.3, -0.25) is 4.79 Å². The summed E-state index contributed by atoms with van der Waals surface area (Å²) in [6, 6.07) is 4.88. The second-order valence-electron chi connectivity index (χ2n) is 6.63. The van der Waals surface area contributed by atoms with Crippen molar-refractivity contribution in [3.05, 3.63) is 29.3 Å². The molecule has 138 valence electrons. The number of hydrogen-bond donors (Lipinski definition) is 2. The zero-order chi connectivity index (χ0) is 18.4. The van der Waals surface area contributed by atoms with Crippen molar-refractivity contribution < 1.29 is 19.4 Å². The van der Waals surface area contributed by atoms with Gasteiger partial charge >= 0.3 is 5.97 Å². The molecular formula is C18H27N3O4. The van der Waals surface area contributed by atoms with E-state index in [9.17, 15) is 14.7 Å². The molecule has 7 nitrogen and oxygen atoms in total. The topological polar surface area (TPSA) is 82.1 Å². The van der Waals surface area contributed by atoms with E-state index in [4.69, 9.17) is 4.74 Å². The van der Waals surface area contributed by atoms with Crippen LogP contribution in [0.4, 0.5) is 5.69 Å². The number of anilines is 1. The third kappa shape index (κ3) is 5.44. The summed E-state index contributed by atoms with van der Waals surface area (Å²) in [4.78, 5) is 27.7. The highest BCUT2D eigenvalue weighted by atomic mass is 16.5. The van der Waals surface area contributed by atoms with Crippen LogP contribution in [0.25, 0.3) is 0 Å². The highest BCUT2D eigenvalue weighted by molar-refractivity contribution is 5.99. The minimum atomic E-state index is -1.01. The summed E-state index contributed by atoms with van der Waals surface area (Å²) in [5.74, 6) is -1.12. The van der Waals surface area contributed by atoms with Crippen molar-refractivity contribution in [1.82, 2.24) is 9.80 Å². The standard InChI is InChI=1S/C18H27N3O4/c1-20(2)8-9-21(3)17(22)13-4-5-15(18(23)24)16(12-13)19-14-6-10-25-11-7-14/h4-5,12,14,19H,6-11H2,1-3H3,(H,23,24). The minimum absolute atomic E-state index is 0.117. The highest BCUT2D eigenvalue weighted by Crippen LogP contribution is 2.22. The maximum absolute atomic E-state index is 12.6. The Labute approximate surface area is 148 Å². The Morgan fingerprint density at radius 3 is 2.48 bits per heavy atom. The van der Waals surface area contributed by atoms with Crippen molar-refractivity contribution in [2.24, 2.45) is 0 Å². The quantitative estimate of drug-likeness (QED) is 0.778. The van der Waals surface area contributed by atoms with Crippen molar-refractivity contribution in [2.75, 3.05) is 52.8 Å². The van der Waals surface area contributed by atoms with Gasteiger partial charge in [0.2, 0.25) is 0 Å². The molecule has 25 heavy (non-hydrogen) atoms. The first-order valence-corrected chi connectivity index (χ1v) is 8.50. The summed E-state index contributed by atoms with van der Waals surface area (Å²) in [5, 5.41) is 12.7. The molecule has 0 spiro atoms. The molecule has 0 bridgehead atoms. The third-order valence-corrected chi connectivity index (χ3v) is 4.31. The molecule has 2 rings (SSSR count). The summed E-state index contributed by atoms with van der Waals surface area (Å²) >= 11 is 0. The Balaban J connectivity index is 2.17. The molecule has 1 aliphatic rings. The van der Waals surface area contributed by atoms with Gasteiger partial charge in [0.05, 0.1) is 5.56 Å². The summed E-state index contributed by atoms with van der Waals surface area (Å²) in [6.07, 6.45) is 1.64. The fourth-order valence-electron chi connectivity index (χ4n) is 2.72. The van der Waals surface area contributed by atoms with E-state index in [1.54, 1.807) is 24.1 Å². The van der Waals surface area contributed by atoms with Crippen LogP contribution in [0.2, 0.25) is 0 Å². The molecule has 0 aromatic heterocycles. The molecule has 0 unspecified atom stereocenters. The van der Waals surface area contributed by atoms with Crippen LogP contribution in [-0.4, -0.2) is 80.3 Å². The molecule has 1 saturated heterocycles. The van der Waals surface area contributed by atoms with Crippen molar-refractivity contribution >= 4 is 17.6 Å². The number of amides is 1. The normalized spacial score (nSPS) is 15.2. The lowest BCUT2D eigenvalue weighted by Gasteiger charge is -2.25. The summed E-state index contributed by atoms with van der Waals surface area (Å²) in [5.41, 5.74) is 1.16. The van der Waals surface area contributed by atoms with Crippen LogP contribution in [0.5, 0.6) is 0 Å². The Morgan fingerprint density at radius 1 is 1.20 bits per heavy atom. The van der Waals surface area contributed by atoms with E-state index in [0.717, 1.165) is 19.4 Å². The molecule has 1 aromatic rings. The second-order valence-corrected chi connectivity index (χ2v) is 6.63. The molecule has 0 radical (unpaired) electrons. The van der Waals surface area contributed by atoms with Gasteiger partial charge in [-0.2, -0.15) is 0 Å². The number of carbonyl (C=O) groups is 2. The predicted molar refractivity (Wildman–Crippen MR) is 96.4 cm³/mol. The largest absolute Gasteiger partial charge is 0.478 e. The van der Waals surface area contributed by atoms with E-state index in [1.165, 1.54) is 6.07 Å². The zero-order valence-electron chi connectivity index (χ0n) is 15.1. The van der Waals surface area contributed by atoms with Gasteiger partial charge in [0, 0.05) is 50.6 Å². The number of benzene rings is 1. The van der Waals surface area contributed by atoms with Gasteiger partial charge in [-0.15, -0.1) is 0 Å². The fraction of sp³-hybridized carbons (Fsp3) is 0.556. The molecule has 0 atom stereocenters. The molecule has 1 aliphatic heterocycles. The van der Waals surface area contributed by atoms with Crippen LogP contribution >= 0.6 is 0 Å². The molecule has 0 aliphatic carbocycles. The molecular weight excluding hydrogens is 322 g/mol. The Bertz CT molecular complexity index is 612. The molecule has 1 aromatic carbocycles. The summed E-state index contributed by atoms with van der Waals surface area (Å²) < 4.78 is 5.33. The number of aromatic carboxylic acids is 1. The van der Waals surface area contributed by atoms with Gasteiger partial charge in [-0.1, -0.05) is 0 Å². The number of hydrogen-bond acceptors (Lipinski definition) is 5. The first-order chi connectivity index (χ1) is 11.9. The second kappa shape index (κ2) is 8.82.